The van der Waals surface area contributed by atoms with E-state index in [1.807, 2.05) is 0 Å². The first kappa shape index (κ1) is 10.0. The molecule has 1 rings (SSSR count). The van der Waals surface area contributed by atoms with Gasteiger partial charge in [-0.3, -0.25) is 0 Å². The molecule has 1 fully saturated rings. The van der Waals surface area contributed by atoms with Crippen molar-refractivity contribution in [3.8, 4) is 0 Å². The summed E-state index contributed by atoms with van der Waals surface area (Å²) < 4.78 is 9.44. The van der Waals surface area contributed by atoms with Crippen LogP contribution in [0.25, 0.3) is 0 Å². The summed E-state index contributed by atoms with van der Waals surface area (Å²) in [6, 6.07) is 0. The van der Waals surface area contributed by atoms with Gasteiger partial charge in [-0.05, 0) is 0 Å². The summed E-state index contributed by atoms with van der Waals surface area (Å²) in [5, 5.41) is 0. The second kappa shape index (κ2) is 5.92. The van der Waals surface area contributed by atoms with Crippen molar-refractivity contribution >= 4 is 0 Å². The lowest BCUT2D eigenvalue weighted by Gasteiger charge is -1.76. The maximum Gasteiger partial charge on any atom is 0.146 e. The average Bonchev–Trinajstić information content (AvgIpc) is 1.76. The zero-order valence-corrected chi connectivity index (χ0v) is 2.94. The van der Waals surface area contributed by atoms with Gasteiger partial charge in [0.25, 0.3) is 0 Å². The van der Waals surface area contributed by atoms with E-state index in [2.05, 4.69) is 0 Å². The summed E-state index contributed by atoms with van der Waals surface area (Å²) in [4.78, 5) is 0. The lowest BCUT2D eigenvalue weighted by molar-refractivity contribution is 0.0692. The normalized spacial score (nSPS) is 17.1. The van der Waals surface area contributed by atoms with E-state index < -0.39 is 0 Å². The molecule has 0 atom stereocenters. The second-order valence-electron chi connectivity index (χ2n) is 0.934. The van der Waals surface area contributed by atoms with E-state index in [-0.39, 0.29) is 14.9 Å². The van der Waals surface area contributed by atoms with Gasteiger partial charge in [0.1, 0.15) is 6.79 Å². The minimum Gasteiger partial charge on any atom is -0.353 e. The van der Waals surface area contributed by atoms with Crippen LogP contribution in [0.4, 0.5) is 0 Å². The molecule has 0 amide bonds. The zero-order valence-electron chi connectivity index (χ0n) is 2.94. The van der Waals surface area contributed by atoms with Gasteiger partial charge in [0.15, 0.2) is 0 Å². The van der Waals surface area contributed by atoms with E-state index in [9.17, 15) is 0 Å². The predicted octanol–water partition coefficient (Wildman–Crippen LogP) is 1.26. The molecule has 0 aromatic carbocycles. The van der Waals surface area contributed by atoms with E-state index in [4.69, 9.17) is 9.47 Å². The van der Waals surface area contributed by atoms with Crippen LogP contribution in [0.15, 0.2) is 0 Å². The summed E-state index contributed by atoms with van der Waals surface area (Å²) in [6.07, 6.45) is 0. The monoisotopic (exact) mass is 106 g/mol. The van der Waals surface area contributed by atoms with Crippen molar-refractivity contribution in [2.75, 3.05) is 20.0 Å². The van der Waals surface area contributed by atoms with Crippen molar-refractivity contribution in [2.24, 2.45) is 0 Å². The van der Waals surface area contributed by atoms with Crippen molar-refractivity contribution in [3.63, 3.8) is 0 Å². The number of rotatable bonds is 0. The van der Waals surface area contributed by atoms with E-state index in [0.29, 0.717) is 6.79 Å². The van der Waals surface area contributed by atoms with Crippen LogP contribution in [0.1, 0.15) is 14.9 Å². The lowest BCUT2D eigenvalue weighted by Crippen LogP contribution is -1.79. The maximum absolute atomic E-state index is 4.72. The molecule has 2 heteroatoms. The topological polar surface area (TPSA) is 18.5 Å². The summed E-state index contributed by atoms with van der Waals surface area (Å²) in [7, 11) is 0. The Labute approximate surface area is 45.4 Å². The molecule has 1 saturated heterocycles. The van der Waals surface area contributed by atoms with Crippen molar-refractivity contribution in [3.05, 3.63) is 0 Å². The van der Waals surface area contributed by atoms with Crippen LogP contribution in [-0.2, 0) is 9.47 Å². The molecule has 7 heavy (non-hydrogen) atoms. The predicted molar refractivity (Wildman–Crippen MR) is 30.2 cm³/mol. The smallest absolute Gasteiger partial charge is 0.146 e. The molecule has 0 bridgehead atoms. The third kappa shape index (κ3) is 3.76. The Morgan fingerprint density at radius 3 is 1.43 bits per heavy atom. The number of hydrogen-bond donors (Lipinski definition) is 0. The standard InChI is InChI=1S/C3H6O2.2CH4/c1-2-5-3-4-1;;/h1-3H2;2*1H4. The lowest BCUT2D eigenvalue weighted by atomic mass is 10.8. The third-order valence-corrected chi connectivity index (χ3v) is 0.539. The van der Waals surface area contributed by atoms with Gasteiger partial charge in [-0.25, -0.2) is 0 Å². The number of hydrogen-bond acceptors (Lipinski definition) is 2. The van der Waals surface area contributed by atoms with Gasteiger partial charge in [0.05, 0.1) is 13.2 Å². The molecule has 0 N–H and O–H groups in total. The SMILES string of the molecule is C.C.C1COCO1. The fraction of sp³-hybridized carbons (Fsp3) is 1.00. The molecular formula is C5H14O2. The van der Waals surface area contributed by atoms with Gasteiger partial charge in [-0.2, -0.15) is 0 Å². The van der Waals surface area contributed by atoms with E-state index in [1.165, 1.54) is 0 Å². The van der Waals surface area contributed by atoms with Gasteiger partial charge in [0, 0.05) is 0 Å². The Morgan fingerprint density at radius 1 is 0.857 bits per heavy atom. The van der Waals surface area contributed by atoms with Gasteiger partial charge < -0.3 is 9.47 Å². The summed E-state index contributed by atoms with van der Waals surface area (Å²) in [5.74, 6) is 0. The molecule has 46 valence electrons. The number of ether oxygens (including phenoxy) is 2. The Kier molecular flexibility index (Phi) is 8.47. The molecule has 0 radical (unpaired) electrons. The van der Waals surface area contributed by atoms with Crippen LogP contribution in [0.5, 0.6) is 0 Å². The first-order valence-electron chi connectivity index (χ1n) is 1.65. The molecule has 0 unspecified atom stereocenters. The Morgan fingerprint density at radius 2 is 1.29 bits per heavy atom. The Hall–Kier alpha value is -0.0800. The molecule has 1 aliphatic rings. The van der Waals surface area contributed by atoms with Gasteiger partial charge in [-0.1, -0.05) is 14.9 Å². The van der Waals surface area contributed by atoms with Gasteiger partial charge in [-0.15, -0.1) is 0 Å². The van der Waals surface area contributed by atoms with E-state index in [0.717, 1.165) is 13.2 Å². The van der Waals surface area contributed by atoms with Gasteiger partial charge in [0.2, 0.25) is 0 Å². The quantitative estimate of drug-likeness (QED) is 0.463. The summed E-state index contributed by atoms with van der Waals surface area (Å²) in [6.45, 7) is 2.06. The molecule has 0 aromatic heterocycles. The van der Waals surface area contributed by atoms with Crippen LogP contribution in [0.2, 0.25) is 0 Å². The Bertz CT molecular complexity index is 17.7. The van der Waals surface area contributed by atoms with Crippen LogP contribution < -0.4 is 0 Å². The summed E-state index contributed by atoms with van der Waals surface area (Å²) >= 11 is 0. The van der Waals surface area contributed by atoms with Crippen LogP contribution in [-0.4, -0.2) is 20.0 Å². The molecule has 0 spiro atoms. The van der Waals surface area contributed by atoms with Crippen LogP contribution in [0, 0.1) is 0 Å². The highest BCUT2D eigenvalue weighted by molar-refractivity contribution is 4.28. The van der Waals surface area contributed by atoms with Crippen LogP contribution >= 0.6 is 0 Å². The highest BCUT2D eigenvalue weighted by atomic mass is 16.7. The second-order valence-corrected chi connectivity index (χ2v) is 0.934. The molecule has 0 aromatic rings. The van der Waals surface area contributed by atoms with E-state index >= 15 is 0 Å². The maximum atomic E-state index is 4.72. The fourth-order valence-electron chi connectivity index (χ4n) is 0.295. The molecule has 1 heterocycles. The largest absolute Gasteiger partial charge is 0.353 e. The average molecular weight is 106 g/mol. The Balaban J connectivity index is 0. The fourth-order valence-corrected chi connectivity index (χ4v) is 0.295. The van der Waals surface area contributed by atoms with Crippen molar-refractivity contribution < 1.29 is 9.47 Å². The van der Waals surface area contributed by atoms with Crippen LogP contribution in [0.3, 0.4) is 0 Å². The first-order chi connectivity index (χ1) is 2.50. The van der Waals surface area contributed by atoms with Crippen molar-refractivity contribution in [1.29, 1.82) is 0 Å². The first-order valence-corrected chi connectivity index (χ1v) is 1.65. The minimum absolute atomic E-state index is 0. The molecule has 0 saturated carbocycles. The third-order valence-electron chi connectivity index (χ3n) is 0.539. The molecule has 1 aliphatic heterocycles. The summed E-state index contributed by atoms with van der Waals surface area (Å²) in [5.41, 5.74) is 0. The zero-order chi connectivity index (χ0) is 3.54. The van der Waals surface area contributed by atoms with Crippen molar-refractivity contribution in [1.82, 2.24) is 0 Å². The van der Waals surface area contributed by atoms with E-state index in [1.54, 1.807) is 0 Å². The van der Waals surface area contributed by atoms with Crippen molar-refractivity contribution in [2.45, 2.75) is 14.9 Å². The minimum atomic E-state index is 0. The molecule has 2 nitrogen and oxygen atoms in total. The molecule has 0 aliphatic carbocycles. The van der Waals surface area contributed by atoms with Gasteiger partial charge >= 0.3 is 0 Å². The highest BCUT2D eigenvalue weighted by Gasteiger charge is 1.93. The molecular weight excluding hydrogens is 92.1 g/mol. The highest BCUT2D eigenvalue weighted by Crippen LogP contribution is 1.85.